The molecule has 1 aromatic rings. The number of carbonyl (C=O) groups is 2. The van der Waals surface area contributed by atoms with Gasteiger partial charge in [0.15, 0.2) is 0 Å². The summed E-state index contributed by atoms with van der Waals surface area (Å²) in [6.45, 7) is 7.39. The summed E-state index contributed by atoms with van der Waals surface area (Å²) < 4.78 is 16.1. The quantitative estimate of drug-likeness (QED) is 0.575. The van der Waals surface area contributed by atoms with Crippen molar-refractivity contribution >= 4 is 11.9 Å². The van der Waals surface area contributed by atoms with Gasteiger partial charge in [-0.05, 0) is 30.0 Å². The van der Waals surface area contributed by atoms with Gasteiger partial charge in [0.05, 0.1) is 26.9 Å². The fourth-order valence-electron chi connectivity index (χ4n) is 3.11. The highest BCUT2D eigenvalue weighted by atomic mass is 16.5. The molecule has 1 fully saturated rings. The van der Waals surface area contributed by atoms with Gasteiger partial charge in [-0.1, -0.05) is 26.0 Å². The number of methoxy groups -OCH3 is 1. The van der Waals surface area contributed by atoms with Gasteiger partial charge in [0.2, 0.25) is 5.91 Å². The lowest BCUT2D eigenvalue weighted by atomic mass is 9.73. The summed E-state index contributed by atoms with van der Waals surface area (Å²) in [7, 11) is 1.63. The summed E-state index contributed by atoms with van der Waals surface area (Å²) in [6.07, 6.45) is 0. The number of rotatable bonds is 8. The summed E-state index contributed by atoms with van der Waals surface area (Å²) in [5.74, 6) is -0.830. The van der Waals surface area contributed by atoms with Crippen LogP contribution in [0.15, 0.2) is 24.3 Å². The van der Waals surface area contributed by atoms with Crippen LogP contribution in [-0.2, 0) is 25.7 Å². The number of nitrogens with one attached hydrogen (secondary N) is 1. The Morgan fingerprint density at radius 3 is 2.56 bits per heavy atom. The molecule has 0 bridgehead atoms. The average molecular weight is 349 g/mol. The van der Waals surface area contributed by atoms with Crippen molar-refractivity contribution in [1.82, 2.24) is 5.32 Å². The summed E-state index contributed by atoms with van der Waals surface area (Å²) in [6, 6.07) is 7.68. The zero-order chi connectivity index (χ0) is 18.4. The summed E-state index contributed by atoms with van der Waals surface area (Å²) >= 11 is 0. The molecule has 0 saturated carbocycles. The highest BCUT2D eigenvalue weighted by Crippen LogP contribution is 2.36. The minimum Gasteiger partial charge on any atom is -0.497 e. The first kappa shape index (κ1) is 19.2. The molecule has 1 saturated heterocycles. The van der Waals surface area contributed by atoms with E-state index in [2.05, 4.69) is 5.32 Å². The van der Waals surface area contributed by atoms with Crippen LogP contribution >= 0.6 is 0 Å². The Morgan fingerprint density at radius 1 is 1.28 bits per heavy atom. The molecule has 6 heteroatoms. The molecular formula is C19H27NO5. The Morgan fingerprint density at radius 2 is 1.96 bits per heavy atom. The SMILES string of the molecule is CCOC(=O)C1C(=O)NCC1C(C)(C)COCc1ccc(OC)cc1. The molecule has 0 aromatic heterocycles. The minimum absolute atomic E-state index is 0.157. The van der Waals surface area contributed by atoms with E-state index in [4.69, 9.17) is 14.2 Å². The molecule has 1 N–H and O–H groups in total. The Bertz CT molecular complexity index is 596. The maximum absolute atomic E-state index is 12.1. The molecule has 1 heterocycles. The Hall–Kier alpha value is -2.08. The van der Waals surface area contributed by atoms with Crippen molar-refractivity contribution < 1.29 is 23.8 Å². The molecule has 1 aromatic carbocycles. The van der Waals surface area contributed by atoms with Gasteiger partial charge in [-0.2, -0.15) is 0 Å². The molecule has 2 unspecified atom stereocenters. The topological polar surface area (TPSA) is 73.9 Å². The molecule has 1 amide bonds. The zero-order valence-corrected chi connectivity index (χ0v) is 15.3. The lowest BCUT2D eigenvalue weighted by Crippen LogP contribution is -2.39. The van der Waals surface area contributed by atoms with Crippen LogP contribution in [0.1, 0.15) is 26.3 Å². The molecule has 2 atom stereocenters. The van der Waals surface area contributed by atoms with Gasteiger partial charge in [-0.3, -0.25) is 9.59 Å². The predicted molar refractivity (Wildman–Crippen MR) is 93.1 cm³/mol. The first-order valence-corrected chi connectivity index (χ1v) is 8.54. The van der Waals surface area contributed by atoms with Crippen molar-refractivity contribution in [1.29, 1.82) is 0 Å². The van der Waals surface area contributed by atoms with Crippen molar-refractivity contribution in [3.63, 3.8) is 0 Å². The van der Waals surface area contributed by atoms with Crippen molar-refractivity contribution in [2.45, 2.75) is 27.4 Å². The van der Waals surface area contributed by atoms with Crippen LogP contribution in [0.25, 0.3) is 0 Å². The molecule has 25 heavy (non-hydrogen) atoms. The fourth-order valence-corrected chi connectivity index (χ4v) is 3.11. The third-order valence-corrected chi connectivity index (χ3v) is 4.63. The summed E-state index contributed by atoms with van der Waals surface area (Å²) in [5, 5.41) is 2.78. The summed E-state index contributed by atoms with van der Waals surface area (Å²) in [5.41, 5.74) is 0.697. The standard InChI is InChI=1S/C19H27NO5/c1-5-25-18(22)16-15(10-20-17(16)21)19(2,3)12-24-11-13-6-8-14(23-4)9-7-13/h6-9,15-16H,5,10-12H2,1-4H3,(H,20,21). The third-order valence-electron chi connectivity index (χ3n) is 4.63. The van der Waals surface area contributed by atoms with E-state index in [9.17, 15) is 9.59 Å². The average Bonchev–Trinajstić information content (AvgIpc) is 2.98. The number of carbonyl (C=O) groups excluding carboxylic acids is 2. The minimum atomic E-state index is -0.764. The molecule has 0 spiro atoms. The second-order valence-corrected chi connectivity index (χ2v) is 6.91. The van der Waals surface area contributed by atoms with Crippen LogP contribution in [0, 0.1) is 17.3 Å². The third kappa shape index (κ3) is 4.72. The maximum Gasteiger partial charge on any atom is 0.318 e. The monoisotopic (exact) mass is 349 g/mol. The van der Waals surface area contributed by atoms with Crippen LogP contribution in [0.4, 0.5) is 0 Å². The van der Waals surface area contributed by atoms with Gasteiger partial charge in [-0.15, -0.1) is 0 Å². The normalized spacial score (nSPS) is 20.2. The van der Waals surface area contributed by atoms with E-state index in [-0.39, 0.29) is 23.8 Å². The highest BCUT2D eigenvalue weighted by Gasteiger charge is 2.48. The number of esters is 1. The van der Waals surface area contributed by atoms with Crippen LogP contribution in [0.5, 0.6) is 5.75 Å². The Labute approximate surface area is 148 Å². The molecule has 2 rings (SSSR count). The van der Waals surface area contributed by atoms with Crippen molar-refractivity contribution in [2.75, 3.05) is 26.9 Å². The molecule has 1 aliphatic rings. The van der Waals surface area contributed by atoms with E-state index in [1.807, 2.05) is 38.1 Å². The fraction of sp³-hybridized carbons (Fsp3) is 0.579. The van der Waals surface area contributed by atoms with E-state index >= 15 is 0 Å². The Kier molecular flexibility index (Phi) is 6.42. The van der Waals surface area contributed by atoms with Crippen molar-refractivity contribution in [3.8, 4) is 5.75 Å². The Balaban J connectivity index is 1.94. The van der Waals surface area contributed by atoms with Crippen LogP contribution < -0.4 is 10.1 Å². The molecule has 6 nitrogen and oxygen atoms in total. The number of amides is 1. The van der Waals surface area contributed by atoms with Crippen LogP contribution in [-0.4, -0.2) is 38.7 Å². The molecule has 0 radical (unpaired) electrons. The van der Waals surface area contributed by atoms with Gasteiger partial charge < -0.3 is 19.5 Å². The van der Waals surface area contributed by atoms with E-state index < -0.39 is 11.9 Å². The zero-order valence-electron chi connectivity index (χ0n) is 15.3. The lowest BCUT2D eigenvalue weighted by Gasteiger charge is -2.33. The maximum atomic E-state index is 12.1. The second kappa shape index (κ2) is 8.34. The first-order valence-electron chi connectivity index (χ1n) is 8.54. The van der Waals surface area contributed by atoms with Gasteiger partial charge >= 0.3 is 5.97 Å². The van der Waals surface area contributed by atoms with Crippen LogP contribution in [0.2, 0.25) is 0 Å². The van der Waals surface area contributed by atoms with Gasteiger partial charge in [0, 0.05) is 12.5 Å². The number of ether oxygens (including phenoxy) is 3. The molecule has 1 aliphatic heterocycles. The van der Waals surface area contributed by atoms with Gasteiger partial charge in [-0.25, -0.2) is 0 Å². The van der Waals surface area contributed by atoms with E-state index in [1.165, 1.54) is 0 Å². The van der Waals surface area contributed by atoms with Gasteiger partial charge in [0.1, 0.15) is 11.7 Å². The van der Waals surface area contributed by atoms with Gasteiger partial charge in [0.25, 0.3) is 0 Å². The number of benzene rings is 1. The van der Waals surface area contributed by atoms with Crippen molar-refractivity contribution in [3.05, 3.63) is 29.8 Å². The predicted octanol–water partition coefficient (Wildman–Crippen LogP) is 2.16. The highest BCUT2D eigenvalue weighted by molar-refractivity contribution is 5.99. The smallest absolute Gasteiger partial charge is 0.318 e. The van der Waals surface area contributed by atoms with E-state index in [1.54, 1.807) is 14.0 Å². The lowest BCUT2D eigenvalue weighted by molar-refractivity contribution is -0.154. The number of hydrogen-bond donors (Lipinski definition) is 1. The largest absolute Gasteiger partial charge is 0.497 e. The van der Waals surface area contributed by atoms with E-state index in [0.29, 0.717) is 19.8 Å². The van der Waals surface area contributed by atoms with E-state index in [0.717, 1.165) is 11.3 Å². The molecule has 0 aliphatic carbocycles. The second-order valence-electron chi connectivity index (χ2n) is 6.91. The van der Waals surface area contributed by atoms with Crippen LogP contribution in [0.3, 0.4) is 0 Å². The number of hydrogen-bond acceptors (Lipinski definition) is 5. The molecular weight excluding hydrogens is 322 g/mol. The first-order chi connectivity index (χ1) is 11.9. The van der Waals surface area contributed by atoms with Crippen molar-refractivity contribution in [2.24, 2.45) is 17.3 Å². The molecule has 138 valence electrons. The summed E-state index contributed by atoms with van der Waals surface area (Å²) in [4.78, 5) is 24.2.